The molecule has 0 bridgehead atoms. The molecule has 0 amide bonds. The van der Waals surface area contributed by atoms with Gasteiger partial charge in [0.05, 0.1) is 6.54 Å². The lowest BCUT2D eigenvalue weighted by atomic mass is 10.1. The molecule has 0 aliphatic carbocycles. The van der Waals surface area contributed by atoms with Gasteiger partial charge in [0, 0.05) is 0 Å². The molecule has 0 radical (unpaired) electrons. The van der Waals surface area contributed by atoms with Crippen molar-refractivity contribution >= 4 is 16.6 Å². The third-order valence-corrected chi connectivity index (χ3v) is 4.56. The maximum absolute atomic E-state index is 13.1. The normalized spacial score (nSPS) is 10.7. The van der Waals surface area contributed by atoms with Crippen LogP contribution in [0.25, 0.3) is 10.8 Å². The zero-order chi connectivity index (χ0) is 19.5. The molecule has 0 saturated heterocycles. The Bertz CT molecular complexity index is 1170. The van der Waals surface area contributed by atoms with E-state index in [1.807, 2.05) is 42.5 Å². The van der Waals surface area contributed by atoms with Crippen LogP contribution in [0.2, 0.25) is 0 Å². The summed E-state index contributed by atoms with van der Waals surface area (Å²) in [5.74, 6) is 0.101. The van der Waals surface area contributed by atoms with Crippen LogP contribution in [-0.4, -0.2) is 9.78 Å². The van der Waals surface area contributed by atoms with Crippen LogP contribution in [0.15, 0.2) is 66.7 Å². The maximum atomic E-state index is 13.1. The Balaban J connectivity index is 1.59. The molecule has 0 atom stereocenters. The van der Waals surface area contributed by atoms with Crippen molar-refractivity contribution in [2.24, 2.45) is 0 Å². The molecule has 0 fully saturated rings. The third-order valence-electron chi connectivity index (χ3n) is 4.56. The summed E-state index contributed by atoms with van der Waals surface area (Å²) in [7, 11) is 0. The number of rotatable bonds is 5. The smallest absolute Gasteiger partial charge is 0.253 e. The Labute approximate surface area is 161 Å². The Morgan fingerprint density at radius 2 is 1.79 bits per heavy atom. The monoisotopic (exact) mass is 372 g/mol. The molecule has 0 aliphatic rings. The Morgan fingerprint density at radius 3 is 2.57 bits per heavy atom. The minimum Gasteiger partial charge on any atom is -0.471 e. The van der Waals surface area contributed by atoms with Crippen LogP contribution in [0.3, 0.4) is 0 Å². The van der Waals surface area contributed by atoms with E-state index in [1.54, 1.807) is 12.1 Å². The molecule has 4 aromatic rings. The van der Waals surface area contributed by atoms with E-state index >= 15 is 0 Å². The molecule has 0 spiro atoms. The second kappa shape index (κ2) is 7.41. The lowest BCUT2D eigenvalue weighted by Gasteiger charge is -2.07. The first-order chi connectivity index (χ1) is 13.7. The zero-order valence-electron chi connectivity index (χ0n) is 15.0. The second-order valence-electron chi connectivity index (χ2n) is 6.39. The van der Waals surface area contributed by atoms with Gasteiger partial charge in [-0.1, -0.05) is 54.6 Å². The number of ether oxygens (including phenoxy) is 1. The minimum absolute atomic E-state index is 0.190. The number of hydrogen-bond acceptors (Lipinski definition) is 4. The van der Waals surface area contributed by atoms with Gasteiger partial charge in [0.1, 0.15) is 24.3 Å². The number of fused-ring (bicyclic) bond motifs is 1. The van der Waals surface area contributed by atoms with Crippen LogP contribution in [0, 0.1) is 17.1 Å². The van der Waals surface area contributed by atoms with Gasteiger partial charge >= 0.3 is 0 Å². The molecule has 28 heavy (non-hydrogen) atoms. The van der Waals surface area contributed by atoms with Gasteiger partial charge in [-0.2, -0.15) is 5.26 Å². The highest BCUT2D eigenvalue weighted by atomic mass is 19.1. The number of anilines is 1. The lowest BCUT2D eigenvalue weighted by molar-refractivity contribution is 0.290. The number of nitriles is 1. The van der Waals surface area contributed by atoms with Crippen molar-refractivity contribution in [2.45, 2.75) is 13.2 Å². The van der Waals surface area contributed by atoms with Crippen molar-refractivity contribution in [1.29, 1.82) is 5.26 Å². The highest BCUT2D eigenvalue weighted by molar-refractivity contribution is 5.85. The van der Waals surface area contributed by atoms with E-state index in [0.717, 1.165) is 21.9 Å². The highest BCUT2D eigenvalue weighted by Gasteiger charge is 2.17. The van der Waals surface area contributed by atoms with Gasteiger partial charge in [-0.25, -0.2) is 9.07 Å². The molecule has 1 heterocycles. The summed E-state index contributed by atoms with van der Waals surface area (Å²) in [4.78, 5) is 0. The predicted molar refractivity (Wildman–Crippen MR) is 105 cm³/mol. The van der Waals surface area contributed by atoms with Crippen molar-refractivity contribution in [3.8, 4) is 11.9 Å². The number of nitrogen functional groups attached to an aromatic ring is 1. The third kappa shape index (κ3) is 3.38. The van der Waals surface area contributed by atoms with Crippen LogP contribution in [0.1, 0.15) is 16.7 Å². The van der Waals surface area contributed by atoms with Crippen molar-refractivity contribution in [1.82, 2.24) is 9.78 Å². The molecule has 4 rings (SSSR count). The molecule has 1 aromatic heterocycles. The van der Waals surface area contributed by atoms with E-state index in [2.05, 4.69) is 11.2 Å². The number of aromatic nitrogens is 2. The highest BCUT2D eigenvalue weighted by Crippen LogP contribution is 2.26. The first kappa shape index (κ1) is 17.6. The quantitative estimate of drug-likeness (QED) is 0.568. The summed E-state index contributed by atoms with van der Waals surface area (Å²) in [6.07, 6.45) is 0. The summed E-state index contributed by atoms with van der Waals surface area (Å²) in [6.45, 7) is 0.585. The van der Waals surface area contributed by atoms with Gasteiger partial charge in [0.25, 0.3) is 5.88 Å². The van der Waals surface area contributed by atoms with Crippen LogP contribution in [-0.2, 0) is 13.2 Å². The number of nitrogens with zero attached hydrogens (tertiary/aromatic N) is 3. The van der Waals surface area contributed by atoms with Gasteiger partial charge < -0.3 is 10.5 Å². The van der Waals surface area contributed by atoms with Crippen LogP contribution < -0.4 is 10.5 Å². The molecule has 0 aliphatic heterocycles. The van der Waals surface area contributed by atoms with E-state index in [9.17, 15) is 9.65 Å². The molecule has 5 nitrogen and oxygen atoms in total. The Morgan fingerprint density at radius 1 is 1.04 bits per heavy atom. The minimum atomic E-state index is -0.311. The lowest BCUT2D eigenvalue weighted by Crippen LogP contribution is -2.06. The van der Waals surface area contributed by atoms with Crippen molar-refractivity contribution in [2.75, 3.05) is 5.73 Å². The van der Waals surface area contributed by atoms with Gasteiger partial charge in [0.15, 0.2) is 5.56 Å². The second-order valence-corrected chi connectivity index (χ2v) is 6.39. The summed E-state index contributed by atoms with van der Waals surface area (Å²) in [5.41, 5.74) is 8.09. The summed E-state index contributed by atoms with van der Waals surface area (Å²) < 4.78 is 20.4. The summed E-state index contributed by atoms with van der Waals surface area (Å²) in [6, 6.07) is 22.1. The van der Waals surface area contributed by atoms with Crippen LogP contribution in [0.4, 0.5) is 10.2 Å². The molecule has 0 saturated carbocycles. The Kier molecular flexibility index (Phi) is 4.65. The number of hydrogen-bond donors (Lipinski definition) is 1. The van der Waals surface area contributed by atoms with Gasteiger partial charge in [-0.15, -0.1) is 5.10 Å². The standard InChI is InChI=1S/C22H17FN4O/c23-18-10-8-15(9-11-18)13-27-21(25)20(12-24)22(26-27)28-14-17-6-3-5-16-4-1-2-7-19(16)17/h1-11H,13-14,25H2. The first-order valence-electron chi connectivity index (χ1n) is 8.76. The first-order valence-corrected chi connectivity index (χ1v) is 8.76. The average Bonchev–Trinajstić information content (AvgIpc) is 3.02. The van der Waals surface area contributed by atoms with E-state index < -0.39 is 0 Å². The Hall–Kier alpha value is -3.85. The number of benzene rings is 3. The van der Waals surface area contributed by atoms with E-state index in [0.29, 0.717) is 6.54 Å². The topological polar surface area (TPSA) is 76.9 Å². The molecule has 3 aromatic carbocycles. The molecule has 6 heteroatoms. The fourth-order valence-electron chi connectivity index (χ4n) is 3.11. The molecular formula is C22H17FN4O. The van der Waals surface area contributed by atoms with Crippen molar-refractivity contribution in [3.05, 3.63) is 89.2 Å². The molecule has 138 valence electrons. The van der Waals surface area contributed by atoms with Gasteiger partial charge in [-0.05, 0) is 34.0 Å². The fourth-order valence-corrected chi connectivity index (χ4v) is 3.11. The fraction of sp³-hybridized carbons (Fsp3) is 0.0909. The summed E-state index contributed by atoms with van der Waals surface area (Å²) >= 11 is 0. The van der Waals surface area contributed by atoms with E-state index in [1.165, 1.54) is 16.8 Å². The van der Waals surface area contributed by atoms with Crippen molar-refractivity contribution in [3.63, 3.8) is 0 Å². The van der Waals surface area contributed by atoms with E-state index in [4.69, 9.17) is 10.5 Å². The number of halogens is 1. The van der Waals surface area contributed by atoms with Crippen LogP contribution in [0.5, 0.6) is 5.88 Å². The van der Waals surface area contributed by atoms with E-state index in [-0.39, 0.29) is 29.7 Å². The molecule has 2 N–H and O–H groups in total. The van der Waals surface area contributed by atoms with Crippen LogP contribution >= 0.6 is 0 Å². The summed E-state index contributed by atoms with van der Waals surface area (Å²) in [5, 5.41) is 16.0. The van der Waals surface area contributed by atoms with Gasteiger partial charge in [-0.3, -0.25) is 0 Å². The SMILES string of the molecule is N#Cc1c(OCc2cccc3ccccc23)nn(Cc2ccc(F)cc2)c1N. The zero-order valence-corrected chi connectivity index (χ0v) is 15.0. The average molecular weight is 372 g/mol. The maximum Gasteiger partial charge on any atom is 0.253 e. The number of nitrogens with two attached hydrogens (primary N) is 1. The van der Waals surface area contributed by atoms with Crippen molar-refractivity contribution < 1.29 is 9.13 Å². The van der Waals surface area contributed by atoms with Gasteiger partial charge in [0.2, 0.25) is 0 Å². The molecular weight excluding hydrogens is 355 g/mol. The largest absolute Gasteiger partial charge is 0.471 e. The molecule has 0 unspecified atom stereocenters. The predicted octanol–water partition coefficient (Wildman–Crippen LogP) is 4.26.